The Morgan fingerprint density at radius 3 is 2.58 bits per heavy atom. The minimum absolute atomic E-state index is 0.0241. The number of rotatable bonds is 11. The van der Waals surface area contributed by atoms with E-state index in [4.69, 9.17) is 9.47 Å². The van der Waals surface area contributed by atoms with Crippen molar-refractivity contribution in [2.45, 2.75) is 96.9 Å². The van der Waals surface area contributed by atoms with Crippen LogP contribution in [0.5, 0.6) is 0 Å². The zero-order chi connectivity index (χ0) is 24.6. The summed E-state index contributed by atoms with van der Waals surface area (Å²) in [5.74, 6) is -2.35. The van der Waals surface area contributed by atoms with Gasteiger partial charge in [0.15, 0.2) is 0 Å². The minimum Gasteiger partial charge on any atom is -0.466 e. The van der Waals surface area contributed by atoms with Gasteiger partial charge in [-0.2, -0.15) is 0 Å². The predicted molar refractivity (Wildman–Crippen MR) is 123 cm³/mol. The van der Waals surface area contributed by atoms with E-state index in [1.54, 1.807) is 11.8 Å². The van der Waals surface area contributed by atoms with E-state index in [-0.39, 0.29) is 36.9 Å². The van der Waals surface area contributed by atoms with Gasteiger partial charge < -0.3 is 24.8 Å². The van der Waals surface area contributed by atoms with Crippen LogP contribution in [0.1, 0.15) is 73.6 Å². The number of unbranched alkanes of at least 4 members (excludes halogenated alkanes) is 2. The molecular weight excluding hydrogens is 424 g/mol. The minimum atomic E-state index is -1.10. The summed E-state index contributed by atoms with van der Waals surface area (Å²) in [6.07, 6.45) is 3.97. The lowest BCUT2D eigenvalue weighted by molar-refractivity contribution is -0.162. The smallest absolute Gasteiger partial charge is 0.312 e. The zero-order valence-electron chi connectivity index (χ0n) is 21.1. The molecule has 33 heavy (non-hydrogen) atoms. The highest BCUT2D eigenvalue weighted by atomic mass is 16.6. The molecule has 8 nitrogen and oxygen atoms in total. The lowest BCUT2D eigenvalue weighted by Crippen LogP contribution is -2.58. The van der Waals surface area contributed by atoms with E-state index in [1.807, 2.05) is 27.7 Å². The fraction of sp³-hybridized carbons (Fsp3) is 0.880. The molecule has 2 bridgehead atoms. The molecular formula is C25H42N2O6. The molecule has 8 heteroatoms. The van der Waals surface area contributed by atoms with Crippen molar-refractivity contribution in [1.29, 1.82) is 0 Å². The van der Waals surface area contributed by atoms with Gasteiger partial charge in [-0.3, -0.25) is 14.4 Å². The van der Waals surface area contributed by atoms with E-state index in [2.05, 4.69) is 12.2 Å². The average molecular weight is 467 g/mol. The summed E-state index contributed by atoms with van der Waals surface area (Å²) in [4.78, 5) is 42.2. The molecule has 3 rings (SSSR count). The molecule has 3 aliphatic rings. The van der Waals surface area contributed by atoms with Crippen LogP contribution in [-0.2, 0) is 23.9 Å². The van der Waals surface area contributed by atoms with Gasteiger partial charge in [-0.1, -0.05) is 40.5 Å². The van der Waals surface area contributed by atoms with E-state index in [0.29, 0.717) is 19.4 Å². The molecule has 3 fully saturated rings. The summed E-state index contributed by atoms with van der Waals surface area (Å²) >= 11 is 0. The Morgan fingerprint density at radius 2 is 2.00 bits per heavy atom. The third-order valence-corrected chi connectivity index (χ3v) is 7.97. The Balaban J connectivity index is 2.04. The Morgan fingerprint density at radius 1 is 1.30 bits per heavy atom. The van der Waals surface area contributed by atoms with Crippen molar-refractivity contribution in [3.05, 3.63) is 0 Å². The van der Waals surface area contributed by atoms with Gasteiger partial charge in [-0.25, -0.2) is 0 Å². The third kappa shape index (κ3) is 4.18. The van der Waals surface area contributed by atoms with Crippen molar-refractivity contribution >= 4 is 17.8 Å². The van der Waals surface area contributed by atoms with E-state index >= 15 is 0 Å². The molecule has 7 atom stereocenters. The molecule has 3 saturated heterocycles. The molecule has 2 N–H and O–H groups in total. The van der Waals surface area contributed by atoms with Crippen LogP contribution in [0, 0.1) is 23.7 Å². The van der Waals surface area contributed by atoms with Crippen LogP contribution in [0.25, 0.3) is 0 Å². The molecule has 0 aliphatic carbocycles. The van der Waals surface area contributed by atoms with Crippen molar-refractivity contribution in [3.8, 4) is 0 Å². The number of ether oxygens (including phenoxy) is 2. The quantitative estimate of drug-likeness (QED) is 0.358. The number of esters is 1. The topological polar surface area (TPSA) is 105 Å². The van der Waals surface area contributed by atoms with Gasteiger partial charge in [-0.05, 0) is 44.9 Å². The van der Waals surface area contributed by atoms with Crippen LogP contribution in [0.15, 0.2) is 0 Å². The maximum absolute atomic E-state index is 14.0. The molecule has 188 valence electrons. The molecule has 0 aromatic rings. The van der Waals surface area contributed by atoms with Crippen molar-refractivity contribution in [3.63, 3.8) is 0 Å². The van der Waals surface area contributed by atoms with Gasteiger partial charge in [0.25, 0.3) is 0 Å². The standard InChI is InChI=1S/C25H42N2O6/c1-7-9-10-11-26-21(29)20-25-13-16(5)24(6,33-25)19(23(31)32-8-2)18(25)22(30)27(20)17(14-28)12-15(3)4/h15-20,28H,7-14H2,1-6H3,(H,26,29)/t16?,17-,18+,19-,20?,24+,25?/m1/s1. The van der Waals surface area contributed by atoms with Gasteiger partial charge in [0, 0.05) is 6.54 Å². The Kier molecular flexibility index (Phi) is 7.79. The van der Waals surface area contributed by atoms with Crippen molar-refractivity contribution in [2.24, 2.45) is 23.7 Å². The Labute approximate surface area is 197 Å². The first-order chi connectivity index (χ1) is 15.6. The van der Waals surface area contributed by atoms with Gasteiger partial charge in [0.1, 0.15) is 17.6 Å². The number of aliphatic hydroxyl groups excluding tert-OH is 1. The average Bonchev–Trinajstić information content (AvgIpc) is 3.26. The summed E-state index contributed by atoms with van der Waals surface area (Å²) < 4.78 is 12.0. The van der Waals surface area contributed by atoms with Crippen LogP contribution < -0.4 is 5.32 Å². The summed E-state index contributed by atoms with van der Waals surface area (Å²) in [7, 11) is 0. The molecule has 0 aromatic heterocycles. The zero-order valence-corrected chi connectivity index (χ0v) is 21.1. The first-order valence-electron chi connectivity index (χ1n) is 12.7. The fourth-order valence-corrected chi connectivity index (χ4v) is 6.46. The number of amides is 2. The lowest BCUT2D eigenvalue weighted by atomic mass is 9.62. The number of aliphatic hydroxyl groups is 1. The van der Waals surface area contributed by atoms with Crippen molar-refractivity contribution in [1.82, 2.24) is 10.2 Å². The third-order valence-electron chi connectivity index (χ3n) is 7.97. The highest BCUT2D eigenvalue weighted by Crippen LogP contribution is 2.65. The van der Waals surface area contributed by atoms with E-state index in [0.717, 1.165) is 19.3 Å². The van der Waals surface area contributed by atoms with E-state index in [1.165, 1.54) is 0 Å². The number of likely N-dealkylation sites (tertiary alicyclic amines) is 1. The maximum Gasteiger partial charge on any atom is 0.312 e. The second kappa shape index (κ2) is 9.90. The SMILES string of the molecule is CCCCCNC(=O)C1N([C@@H](CO)CC(C)C)C(=O)[C@@H]2[C@H](C(=O)OCC)[C@@]3(C)OC12CC3C. The number of hydrogen-bond donors (Lipinski definition) is 2. The second-order valence-corrected chi connectivity index (χ2v) is 10.7. The lowest BCUT2D eigenvalue weighted by Gasteiger charge is -2.37. The number of nitrogens with one attached hydrogen (secondary N) is 1. The summed E-state index contributed by atoms with van der Waals surface area (Å²) in [6.45, 7) is 12.3. The van der Waals surface area contributed by atoms with Crippen LogP contribution in [0.3, 0.4) is 0 Å². The monoisotopic (exact) mass is 466 g/mol. The molecule has 1 spiro atoms. The predicted octanol–water partition coefficient (Wildman–Crippen LogP) is 2.27. The first kappa shape index (κ1) is 25.9. The van der Waals surface area contributed by atoms with Gasteiger partial charge >= 0.3 is 5.97 Å². The van der Waals surface area contributed by atoms with Gasteiger partial charge in [0.05, 0.1) is 30.8 Å². The fourth-order valence-electron chi connectivity index (χ4n) is 6.46. The summed E-state index contributed by atoms with van der Waals surface area (Å²) in [6, 6.07) is -1.39. The molecule has 3 aliphatic heterocycles. The molecule has 3 unspecified atom stereocenters. The highest BCUT2D eigenvalue weighted by Gasteiger charge is 2.80. The van der Waals surface area contributed by atoms with Crippen molar-refractivity contribution < 1.29 is 29.0 Å². The van der Waals surface area contributed by atoms with Crippen LogP contribution in [0.4, 0.5) is 0 Å². The molecule has 3 heterocycles. The molecule has 2 amide bonds. The number of hydrogen-bond acceptors (Lipinski definition) is 6. The van der Waals surface area contributed by atoms with E-state index < -0.39 is 41.1 Å². The first-order valence-corrected chi connectivity index (χ1v) is 12.7. The Bertz CT molecular complexity index is 757. The van der Waals surface area contributed by atoms with Gasteiger partial charge in [-0.15, -0.1) is 0 Å². The molecule has 0 saturated carbocycles. The van der Waals surface area contributed by atoms with Gasteiger partial charge in [0.2, 0.25) is 11.8 Å². The molecule has 0 radical (unpaired) electrons. The van der Waals surface area contributed by atoms with Crippen LogP contribution in [0.2, 0.25) is 0 Å². The maximum atomic E-state index is 14.0. The second-order valence-electron chi connectivity index (χ2n) is 10.7. The molecule has 0 aromatic carbocycles. The number of nitrogens with zero attached hydrogens (tertiary/aromatic N) is 1. The summed E-state index contributed by atoms with van der Waals surface area (Å²) in [5.41, 5.74) is -1.96. The highest BCUT2D eigenvalue weighted by molar-refractivity contribution is 5.98. The summed E-state index contributed by atoms with van der Waals surface area (Å²) in [5, 5.41) is 13.3. The number of fused-ring (bicyclic) bond motifs is 1. The Hall–Kier alpha value is -1.67. The number of carbonyl (C=O) groups excluding carboxylic acids is 3. The van der Waals surface area contributed by atoms with Crippen LogP contribution in [-0.4, -0.2) is 70.8 Å². The van der Waals surface area contributed by atoms with Crippen LogP contribution >= 0.6 is 0 Å². The van der Waals surface area contributed by atoms with E-state index in [9.17, 15) is 19.5 Å². The normalized spacial score (nSPS) is 35.8. The number of carbonyl (C=O) groups is 3. The largest absolute Gasteiger partial charge is 0.466 e. The van der Waals surface area contributed by atoms with Crippen molar-refractivity contribution in [2.75, 3.05) is 19.8 Å².